The Kier molecular flexibility index (Phi) is 1.08. The summed E-state index contributed by atoms with van der Waals surface area (Å²) in [5, 5.41) is 13.0. The van der Waals surface area contributed by atoms with Gasteiger partial charge in [0.1, 0.15) is 0 Å². The summed E-state index contributed by atoms with van der Waals surface area (Å²) in [6, 6.07) is 0. The Bertz CT molecular complexity index is 469. The minimum absolute atomic E-state index is 0.263. The summed E-state index contributed by atoms with van der Waals surface area (Å²) in [5.41, 5.74) is 1.11. The van der Waals surface area contributed by atoms with E-state index in [1.165, 1.54) is 6.42 Å². The Morgan fingerprint density at radius 2 is 1.88 bits per heavy atom. The second-order valence-electron chi connectivity index (χ2n) is 6.76. The van der Waals surface area contributed by atoms with Crippen LogP contribution >= 0.6 is 0 Å². The lowest BCUT2D eigenvalue weighted by molar-refractivity contribution is -0.241. The van der Waals surface area contributed by atoms with Crippen molar-refractivity contribution in [3.63, 3.8) is 0 Å². The van der Waals surface area contributed by atoms with Crippen molar-refractivity contribution in [1.29, 1.82) is 0 Å². The first-order chi connectivity index (χ1) is 8.38. The van der Waals surface area contributed by atoms with Gasteiger partial charge in [-0.05, 0) is 30.1 Å². The van der Waals surface area contributed by atoms with Crippen LogP contribution in [0.2, 0.25) is 0 Å². The molecule has 1 aliphatic heterocycles. The maximum Gasteiger partial charge on any atom is 0.175 e. The lowest BCUT2D eigenvalue weighted by atomic mass is 9.58. The van der Waals surface area contributed by atoms with Gasteiger partial charge in [-0.3, -0.25) is 0 Å². The summed E-state index contributed by atoms with van der Waals surface area (Å²) in [4.78, 5) is 0. The van der Waals surface area contributed by atoms with Gasteiger partial charge in [-0.2, -0.15) is 0 Å². The average Bonchev–Trinajstić information content (AvgIpc) is 2.95. The standard InChI is InChI=1S/C13H15NO3/c15-14-12-8-4-3-5-7-6(4)9(12)11(7)13(10(5)8)16-1-2-17-13/h4-11,15H,1-3H2/b14-12+/t4-,5-,6+,7+,8+,9+,10-,11-/m0/s1. The highest BCUT2D eigenvalue weighted by Crippen LogP contribution is 2.85. The van der Waals surface area contributed by atoms with Crippen LogP contribution in [-0.2, 0) is 9.47 Å². The van der Waals surface area contributed by atoms with Gasteiger partial charge in [0.25, 0.3) is 0 Å². The molecule has 0 unspecified atom stereocenters. The number of ether oxygens (including phenoxy) is 2. The number of fused-ring (bicyclic) bond motifs is 4. The van der Waals surface area contributed by atoms with Crippen molar-refractivity contribution in [2.45, 2.75) is 12.2 Å². The predicted octanol–water partition coefficient (Wildman–Crippen LogP) is 0.947. The molecule has 2 bridgehead atoms. The van der Waals surface area contributed by atoms with Crippen molar-refractivity contribution in [2.75, 3.05) is 13.2 Å². The maximum atomic E-state index is 9.32. The first-order valence-electron chi connectivity index (χ1n) is 6.88. The van der Waals surface area contributed by atoms with E-state index in [9.17, 15) is 5.21 Å². The Balaban J connectivity index is 1.64. The van der Waals surface area contributed by atoms with E-state index in [-0.39, 0.29) is 5.79 Å². The van der Waals surface area contributed by atoms with Crippen LogP contribution in [0.15, 0.2) is 5.16 Å². The van der Waals surface area contributed by atoms with E-state index in [1.807, 2.05) is 0 Å². The molecular formula is C13H15NO3. The molecule has 1 heterocycles. The zero-order valence-electron chi connectivity index (χ0n) is 9.45. The molecule has 0 aromatic rings. The van der Waals surface area contributed by atoms with Crippen LogP contribution < -0.4 is 0 Å². The molecule has 0 radical (unpaired) electrons. The second kappa shape index (κ2) is 2.16. The van der Waals surface area contributed by atoms with E-state index in [2.05, 4.69) is 5.16 Å². The Hall–Kier alpha value is -0.610. The van der Waals surface area contributed by atoms with Gasteiger partial charge in [-0.15, -0.1) is 0 Å². The molecule has 0 amide bonds. The van der Waals surface area contributed by atoms with E-state index in [0.717, 1.165) is 42.6 Å². The van der Waals surface area contributed by atoms with Crippen LogP contribution in [0.5, 0.6) is 0 Å². The Morgan fingerprint density at radius 1 is 1.06 bits per heavy atom. The third-order valence-corrected chi connectivity index (χ3v) is 6.97. The van der Waals surface area contributed by atoms with E-state index in [1.54, 1.807) is 0 Å². The number of nitrogens with zero attached hydrogens (tertiary/aromatic N) is 1. The molecule has 8 atom stereocenters. The molecule has 90 valence electrons. The van der Waals surface area contributed by atoms with Gasteiger partial charge in [0.05, 0.1) is 18.9 Å². The van der Waals surface area contributed by atoms with Crippen molar-refractivity contribution < 1.29 is 14.7 Å². The first-order valence-corrected chi connectivity index (χ1v) is 6.88. The van der Waals surface area contributed by atoms with Crippen LogP contribution in [-0.4, -0.2) is 29.9 Å². The van der Waals surface area contributed by atoms with E-state index < -0.39 is 0 Å². The lowest BCUT2D eigenvalue weighted by Crippen LogP contribution is -2.58. The van der Waals surface area contributed by atoms with E-state index >= 15 is 0 Å². The fourth-order valence-electron chi connectivity index (χ4n) is 7.11. The highest BCUT2D eigenvalue weighted by molar-refractivity contribution is 5.96. The predicted molar refractivity (Wildman–Crippen MR) is 56.4 cm³/mol. The largest absolute Gasteiger partial charge is 0.411 e. The summed E-state index contributed by atoms with van der Waals surface area (Å²) in [7, 11) is 0. The molecule has 5 saturated carbocycles. The molecule has 0 aromatic heterocycles. The third-order valence-electron chi connectivity index (χ3n) is 6.97. The molecule has 6 fully saturated rings. The highest BCUT2D eigenvalue weighted by atomic mass is 16.7. The fraction of sp³-hybridized carbons (Fsp3) is 0.923. The molecular weight excluding hydrogens is 218 g/mol. The lowest BCUT2D eigenvalue weighted by Gasteiger charge is -2.50. The van der Waals surface area contributed by atoms with E-state index in [4.69, 9.17) is 9.47 Å². The van der Waals surface area contributed by atoms with Gasteiger partial charge in [0, 0.05) is 23.7 Å². The maximum absolute atomic E-state index is 9.32. The van der Waals surface area contributed by atoms with Crippen molar-refractivity contribution >= 4 is 5.71 Å². The molecule has 4 heteroatoms. The molecule has 0 aromatic carbocycles. The average molecular weight is 233 g/mol. The Morgan fingerprint density at radius 3 is 2.65 bits per heavy atom. The summed E-state index contributed by atoms with van der Waals surface area (Å²) < 4.78 is 12.2. The van der Waals surface area contributed by atoms with Crippen LogP contribution in [0.25, 0.3) is 0 Å². The van der Waals surface area contributed by atoms with E-state index in [0.29, 0.717) is 23.7 Å². The summed E-state index contributed by atoms with van der Waals surface area (Å²) in [6.45, 7) is 1.51. The van der Waals surface area contributed by atoms with Gasteiger partial charge in [0.15, 0.2) is 5.79 Å². The number of rotatable bonds is 0. The third kappa shape index (κ3) is 0.557. The number of hydrogen-bond acceptors (Lipinski definition) is 4. The van der Waals surface area contributed by atoms with Crippen LogP contribution in [0.1, 0.15) is 6.42 Å². The van der Waals surface area contributed by atoms with Gasteiger partial charge in [-0.1, -0.05) is 5.16 Å². The van der Waals surface area contributed by atoms with Gasteiger partial charge >= 0.3 is 0 Å². The fourth-order valence-corrected chi connectivity index (χ4v) is 7.11. The topological polar surface area (TPSA) is 51.1 Å². The molecule has 5 aliphatic carbocycles. The summed E-state index contributed by atoms with van der Waals surface area (Å²) >= 11 is 0. The zero-order chi connectivity index (χ0) is 10.9. The van der Waals surface area contributed by atoms with Crippen LogP contribution in [0.3, 0.4) is 0 Å². The summed E-state index contributed by atoms with van der Waals surface area (Å²) in [5.74, 6) is 4.94. The molecule has 1 N–H and O–H groups in total. The monoisotopic (exact) mass is 233 g/mol. The minimum Gasteiger partial charge on any atom is -0.411 e. The molecule has 6 aliphatic rings. The zero-order valence-corrected chi connectivity index (χ0v) is 9.45. The van der Waals surface area contributed by atoms with Crippen LogP contribution in [0, 0.1) is 47.3 Å². The molecule has 1 saturated heterocycles. The quantitative estimate of drug-likeness (QED) is 0.500. The minimum atomic E-state index is -0.263. The second-order valence-corrected chi connectivity index (χ2v) is 6.76. The van der Waals surface area contributed by atoms with Gasteiger partial charge in [0.2, 0.25) is 0 Å². The van der Waals surface area contributed by atoms with Crippen LogP contribution in [0.4, 0.5) is 0 Å². The van der Waals surface area contributed by atoms with Crippen molar-refractivity contribution in [3.05, 3.63) is 0 Å². The normalized spacial score (nSPS) is 68.8. The number of oxime groups is 1. The van der Waals surface area contributed by atoms with Gasteiger partial charge in [-0.25, -0.2) is 0 Å². The van der Waals surface area contributed by atoms with Crippen molar-refractivity contribution in [3.8, 4) is 0 Å². The molecule has 4 nitrogen and oxygen atoms in total. The molecule has 17 heavy (non-hydrogen) atoms. The highest BCUT2D eigenvalue weighted by Gasteiger charge is 2.88. The summed E-state index contributed by atoms with van der Waals surface area (Å²) in [6.07, 6.45) is 1.34. The van der Waals surface area contributed by atoms with Crippen molar-refractivity contribution in [2.24, 2.45) is 52.5 Å². The molecule has 1 spiro atoms. The first kappa shape index (κ1) is 8.48. The molecule has 6 rings (SSSR count). The van der Waals surface area contributed by atoms with Crippen molar-refractivity contribution in [1.82, 2.24) is 0 Å². The number of hydrogen-bond donors (Lipinski definition) is 1. The SMILES string of the molecule is O/N=C1/[C@@H]2[C@@H]3[C@@H]4C[C@H]5[C@H]3[C@@H]2C2(OCCO2)[C@@H]5[C@H]14. The Labute approximate surface area is 99.0 Å². The van der Waals surface area contributed by atoms with Gasteiger partial charge < -0.3 is 14.7 Å². The smallest absolute Gasteiger partial charge is 0.175 e.